The molecule has 3 aromatic heterocycles. The first kappa shape index (κ1) is 21.5. The summed E-state index contributed by atoms with van der Waals surface area (Å²) in [5.41, 5.74) is 0.948. The van der Waals surface area contributed by atoms with Gasteiger partial charge in [0.25, 0.3) is 11.5 Å². The Kier molecular flexibility index (Phi) is 4.96. The van der Waals surface area contributed by atoms with Crippen molar-refractivity contribution in [3.8, 4) is 5.75 Å². The van der Waals surface area contributed by atoms with Crippen molar-refractivity contribution in [2.75, 3.05) is 26.8 Å². The molecule has 4 aromatic rings. The first-order valence-corrected chi connectivity index (χ1v) is 11.6. The van der Waals surface area contributed by atoms with Gasteiger partial charge in [-0.15, -0.1) is 0 Å². The van der Waals surface area contributed by atoms with E-state index in [0.717, 1.165) is 0 Å². The molecular weight excluding hydrogens is 448 g/mol. The number of benzene rings is 1. The van der Waals surface area contributed by atoms with Crippen LogP contribution in [-0.2, 0) is 11.3 Å². The lowest BCUT2D eigenvalue weighted by Crippen LogP contribution is -2.45. The van der Waals surface area contributed by atoms with Gasteiger partial charge in [-0.2, -0.15) is 0 Å². The van der Waals surface area contributed by atoms with Crippen molar-refractivity contribution in [3.63, 3.8) is 0 Å². The summed E-state index contributed by atoms with van der Waals surface area (Å²) in [6.45, 7) is 1.48. The standard InChI is InChI=1S/C26H24N4O5/c1-34-13-12-29-19(14-18-23(29)27-22-8-4-5-10-30(22)24(18)32)25(33)28-11-9-26(16-28)15-20(31)17-6-2-3-7-21(17)35-26/h2-8,10,14H,9,11-13,15-16H2,1H3. The molecular formula is C26H24N4O5. The summed E-state index contributed by atoms with van der Waals surface area (Å²) in [4.78, 5) is 46.1. The second kappa shape index (κ2) is 8.06. The van der Waals surface area contributed by atoms with Gasteiger partial charge in [0.1, 0.15) is 28.3 Å². The number of carbonyl (C=O) groups excluding carboxylic acids is 2. The maximum Gasteiger partial charge on any atom is 0.270 e. The number of amides is 1. The second-order valence-electron chi connectivity index (χ2n) is 9.11. The summed E-state index contributed by atoms with van der Waals surface area (Å²) in [6.07, 6.45) is 2.45. The minimum atomic E-state index is -0.739. The van der Waals surface area contributed by atoms with Gasteiger partial charge in [-0.25, -0.2) is 4.98 Å². The van der Waals surface area contributed by atoms with E-state index in [4.69, 9.17) is 9.47 Å². The van der Waals surface area contributed by atoms with Crippen molar-refractivity contribution in [3.05, 3.63) is 76.3 Å². The van der Waals surface area contributed by atoms with Gasteiger partial charge in [0.15, 0.2) is 5.78 Å². The minimum absolute atomic E-state index is 0.0271. The number of hydrogen-bond acceptors (Lipinski definition) is 6. The number of methoxy groups -OCH3 is 1. The number of rotatable bonds is 4. The molecule has 178 valence electrons. The predicted octanol–water partition coefficient (Wildman–Crippen LogP) is 2.55. The van der Waals surface area contributed by atoms with Crippen LogP contribution in [0.5, 0.6) is 5.75 Å². The fourth-order valence-electron chi connectivity index (χ4n) is 5.19. The first-order valence-electron chi connectivity index (χ1n) is 11.6. The maximum absolute atomic E-state index is 13.7. The molecule has 1 unspecified atom stereocenters. The summed E-state index contributed by atoms with van der Waals surface area (Å²) in [6, 6.07) is 14.2. The number of carbonyl (C=O) groups is 2. The molecule has 1 spiro atoms. The van der Waals surface area contributed by atoms with E-state index in [1.165, 1.54) is 4.40 Å². The van der Waals surface area contributed by atoms with Crippen molar-refractivity contribution < 1.29 is 19.1 Å². The quantitative estimate of drug-likeness (QED) is 0.453. The van der Waals surface area contributed by atoms with Crippen molar-refractivity contribution in [2.24, 2.45) is 0 Å². The number of fused-ring (bicyclic) bond motifs is 3. The Labute approximate surface area is 200 Å². The van der Waals surface area contributed by atoms with Crippen LogP contribution in [0.15, 0.2) is 59.5 Å². The van der Waals surface area contributed by atoms with Crippen LogP contribution in [0.1, 0.15) is 33.7 Å². The molecule has 0 radical (unpaired) electrons. The normalized spacial score (nSPS) is 19.5. The van der Waals surface area contributed by atoms with Crippen LogP contribution in [0.2, 0.25) is 0 Å². The highest BCUT2D eigenvalue weighted by Gasteiger charge is 2.47. The third-order valence-corrected chi connectivity index (χ3v) is 6.91. The smallest absolute Gasteiger partial charge is 0.270 e. The summed E-state index contributed by atoms with van der Waals surface area (Å²) in [7, 11) is 1.59. The number of ether oxygens (including phenoxy) is 2. The first-order chi connectivity index (χ1) is 17.0. The van der Waals surface area contributed by atoms with Crippen LogP contribution >= 0.6 is 0 Å². The third-order valence-electron chi connectivity index (χ3n) is 6.91. The second-order valence-corrected chi connectivity index (χ2v) is 9.11. The van der Waals surface area contributed by atoms with Crippen LogP contribution in [0.4, 0.5) is 0 Å². The zero-order valence-corrected chi connectivity index (χ0v) is 19.3. The highest BCUT2D eigenvalue weighted by molar-refractivity contribution is 6.01. The molecule has 0 N–H and O–H groups in total. The monoisotopic (exact) mass is 472 g/mol. The van der Waals surface area contributed by atoms with Gasteiger partial charge in [0.2, 0.25) is 0 Å². The van der Waals surface area contributed by atoms with E-state index in [0.29, 0.717) is 66.3 Å². The molecule has 5 heterocycles. The molecule has 1 amide bonds. The van der Waals surface area contributed by atoms with E-state index in [-0.39, 0.29) is 23.7 Å². The predicted molar refractivity (Wildman–Crippen MR) is 128 cm³/mol. The van der Waals surface area contributed by atoms with E-state index >= 15 is 0 Å². The van der Waals surface area contributed by atoms with Gasteiger partial charge in [-0.05, 0) is 30.3 Å². The SMILES string of the molecule is COCCn1c(C(=O)N2CCC3(CC(=O)c4ccccc4O3)C2)cc2c(=O)n3ccccc3nc21. The Morgan fingerprint density at radius 1 is 1.17 bits per heavy atom. The fourth-order valence-corrected chi connectivity index (χ4v) is 5.19. The zero-order chi connectivity index (χ0) is 24.2. The zero-order valence-electron chi connectivity index (χ0n) is 19.3. The van der Waals surface area contributed by atoms with Crippen LogP contribution in [-0.4, -0.2) is 62.9 Å². The molecule has 9 nitrogen and oxygen atoms in total. The Bertz CT molecular complexity index is 1550. The highest BCUT2D eigenvalue weighted by atomic mass is 16.5. The molecule has 0 bridgehead atoms. The molecule has 2 aliphatic heterocycles. The van der Waals surface area contributed by atoms with Crippen LogP contribution in [0, 0.1) is 0 Å². The molecule has 0 aliphatic carbocycles. The van der Waals surface area contributed by atoms with Crippen LogP contribution < -0.4 is 10.3 Å². The molecule has 35 heavy (non-hydrogen) atoms. The van der Waals surface area contributed by atoms with E-state index in [2.05, 4.69) is 4.98 Å². The summed E-state index contributed by atoms with van der Waals surface area (Å²) >= 11 is 0. The fraction of sp³-hybridized carbons (Fsp3) is 0.308. The van der Waals surface area contributed by atoms with Gasteiger partial charge < -0.3 is 18.9 Å². The number of hydrogen-bond donors (Lipinski definition) is 0. The van der Waals surface area contributed by atoms with Crippen LogP contribution in [0.25, 0.3) is 16.7 Å². The van der Waals surface area contributed by atoms with Crippen LogP contribution in [0.3, 0.4) is 0 Å². The van der Waals surface area contributed by atoms with Gasteiger partial charge in [0, 0.05) is 32.8 Å². The third kappa shape index (κ3) is 3.42. The molecule has 1 atom stereocenters. The lowest BCUT2D eigenvalue weighted by molar-refractivity contribution is 0.0425. The Balaban J connectivity index is 1.38. The molecule has 0 saturated carbocycles. The number of Topliss-reactive ketones (excluding diaryl/α,β-unsaturated/α-hetero) is 1. The maximum atomic E-state index is 13.7. The number of likely N-dealkylation sites (tertiary alicyclic amines) is 1. The Morgan fingerprint density at radius 2 is 2.00 bits per heavy atom. The minimum Gasteiger partial charge on any atom is -0.484 e. The molecule has 1 aromatic carbocycles. The number of pyridine rings is 1. The van der Waals surface area contributed by atoms with Crippen molar-refractivity contribution >= 4 is 28.4 Å². The molecule has 2 aliphatic rings. The number of para-hydroxylation sites is 1. The summed E-state index contributed by atoms with van der Waals surface area (Å²) in [5, 5.41) is 0.375. The van der Waals surface area contributed by atoms with Gasteiger partial charge in [0.05, 0.1) is 30.5 Å². The van der Waals surface area contributed by atoms with E-state index in [9.17, 15) is 14.4 Å². The number of aromatic nitrogens is 3. The topological polar surface area (TPSA) is 95.1 Å². The molecule has 6 rings (SSSR count). The van der Waals surface area contributed by atoms with Gasteiger partial charge in [-0.1, -0.05) is 18.2 Å². The van der Waals surface area contributed by atoms with E-state index in [1.54, 1.807) is 53.1 Å². The Morgan fingerprint density at radius 3 is 2.86 bits per heavy atom. The lowest BCUT2D eigenvalue weighted by Gasteiger charge is -2.34. The van der Waals surface area contributed by atoms with E-state index in [1.807, 2.05) is 18.2 Å². The highest BCUT2D eigenvalue weighted by Crippen LogP contribution is 2.39. The molecule has 1 saturated heterocycles. The van der Waals surface area contributed by atoms with Gasteiger partial charge >= 0.3 is 0 Å². The average molecular weight is 473 g/mol. The summed E-state index contributed by atoms with van der Waals surface area (Å²) < 4.78 is 14.8. The summed E-state index contributed by atoms with van der Waals surface area (Å²) in [5.74, 6) is 0.370. The lowest BCUT2D eigenvalue weighted by atomic mass is 9.89. The molecule has 9 heteroatoms. The molecule has 1 fully saturated rings. The van der Waals surface area contributed by atoms with Crippen molar-refractivity contribution in [1.82, 2.24) is 18.9 Å². The number of nitrogens with zero attached hydrogens (tertiary/aromatic N) is 4. The van der Waals surface area contributed by atoms with Crippen molar-refractivity contribution in [2.45, 2.75) is 25.0 Å². The van der Waals surface area contributed by atoms with E-state index < -0.39 is 5.60 Å². The Hall–Kier alpha value is -3.98. The number of ketones is 1. The largest absolute Gasteiger partial charge is 0.484 e. The average Bonchev–Trinajstić information content (AvgIpc) is 3.44. The van der Waals surface area contributed by atoms with Crippen molar-refractivity contribution in [1.29, 1.82) is 0 Å². The van der Waals surface area contributed by atoms with Gasteiger partial charge in [-0.3, -0.25) is 18.8 Å².